The summed E-state index contributed by atoms with van der Waals surface area (Å²) in [5.41, 5.74) is 2.29. The maximum atomic E-state index is 6.54. The molecule has 0 unspecified atom stereocenters. The Kier molecular flexibility index (Phi) is 7.96. The topological polar surface area (TPSA) is 46.6 Å². The second-order valence-electron chi connectivity index (χ2n) is 8.98. The summed E-state index contributed by atoms with van der Waals surface area (Å²) in [6.45, 7) is 11.4. The zero-order chi connectivity index (χ0) is 23.2. The Labute approximate surface area is 207 Å². The zero-order valence-electron chi connectivity index (χ0n) is 19.7. The Morgan fingerprint density at radius 1 is 0.794 bits per heavy atom. The maximum absolute atomic E-state index is 6.54. The number of anilines is 1. The summed E-state index contributed by atoms with van der Waals surface area (Å²) in [7, 11) is 0. The molecule has 0 atom stereocenters. The normalized spacial score (nSPS) is 19.3. The molecular weight excluding hydrogens is 454 g/mol. The van der Waals surface area contributed by atoms with E-state index in [9.17, 15) is 0 Å². The predicted octanol–water partition coefficient (Wildman–Crippen LogP) is 3.53. The Hall–Kier alpha value is -2.19. The van der Waals surface area contributed by atoms with Crippen molar-refractivity contribution in [2.24, 2.45) is 0 Å². The molecule has 7 nitrogen and oxygen atoms in total. The van der Waals surface area contributed by atoms with Crippen LogP contribution in [0.5, 0.6) is 17.2 Å². The molecule has 2 saturated heterocycles. The van der Waals surface area contributed by atoms with Gasteiger partial charge in [-0.05, 0) is 36.2 Å². The molecule has 0 aliphatic carbocycles. The summed E-state index contributed by atoms with van der Waals surface area (Å²) in [6.07, 6.45) is 1.01. The summed E-state index contributed by atoms with van der Waals surface area (Å²) in [6, 6.07) is 12.3. The minimum absolute atomic E-state index is 0.566. The van der Waals surface area contributed by atoms with Crippen molar-refractivity contribution < 1.29 is 18.9 Å². The molecule has 3 heterocycles. The van der Waals surface area contributed by atoms with Crippen molar-refractivity contribution in [3.63, 3.8) is 0 Å². The van der Waals surface area contributed by atoms with Gasteiger partial charge in [0.25, 0.3) is 0 Å². The highest BCUT2D eigenvalue weighted by molar-refractivity contribution is 6.33. The summed E-state index contributed by atoms with van der Waals surface area (Å²) in [4.78, 5) is 7.24. The minimum atomic E-state index is 0.566. The highest BCUT2D eigenvalue weighted by Gasteiger charge is 2.26. The fourth-order valence-electron chi connectivity index (χ4n) is 4.75. The van der Waals surface area contributed by atoms with Crippen molar-refractivity contribution in [3.8, 4) is 17.2 Å². The van der Waals surface area contributed by atoms with Crippen LogP contribution in [0.25, 0.3) is 0 Å². The smallest absolute Gasteiger partial charge is 0.186 e. The molecular formula is C26H34ClN3O4. The average Bonchev–Trinajstić information content (AvgIpc) is 2.89. The van der Waals surface area contributed by atoms with E-state index in [1.165, 1.54) is 5.56 Å². The van der Waals surface area contributed by atoms with Crippen molar-refractivity contribution >= 4 is 17.3 Å². The Morgan fingerprint density at radius 2 is 1.56 bits per heavy atom. The first-order valence-electron chi connectivity index (χ1n) is 12.3. The van der Waals surface area contributed by atoms with E-state index < -0.39 is 0 Å². The van der Waals surface area contributed by atoms with Gasteiger partial charge in [0.05, 0.1) is 24.8 Å². The third kappa shape index (κ3) is 5.89. The number of morpholine rings is 1. The van der Waals surface area contributed by atoms with Crippen LogP contribution in [0.15, 0.2) is 36.4 Å². The third-order valence-electron chi connectivity index (χ3n) is 6.64. The van der Waals surface area contributed by atoms with Crippen LogP contribution in [-0.2, 0) is 11.3 Å². The van der Waals surface area contributed by atoms with Gasteiger partial charge >= 0.3 is 0 Å². The van der Waals surface area contributed by atoms with Crippen molar-refractivity contribution in [2.75, 3.05) is 83.7 Å². The zero-order valence-corrected chi connectivity index (χ0v) is 20.5. The maximum Gasteiger partial charge on any atom is 0.186 e. The summed E-state index contributed by atoms with van der Waals surface area (Å²) < 4.78 is 23.0. The monoisotopic (exact) mass is 487 g/mol. The first-order valence-corrected chi connectivity index (χ1v) is 12.7. The molecule has 2 fully saturated rings. The van der Waals surface area contributed by atoms with E-state index >= 15 is 0 Å². The van der Waals surface area contributed by atoms with E-state index in [4.69, 9.17) is 30.5 Å². The lowest BCUT2D eigenvalue weighted by molar-refractivity contribution is 0.0342. The Balaban J connectivity index is 1.03. The number of fused-ring (bicyclic) bond motifs is 1. The van der Waals surface area contributed by atoms with Crippen LogP contribution in [0.4, 0.5) is 5.69 Å². The van der Waals surface area contributed by atoms with E-state index in [1.807, 2.05) is 12.1 Å². The van der Waals surface area contributed by atoms with Gasteiger partial charge < -0.3 is 23.8 Å². The molecule has 3 aliphatic heterocycles. The SMILES string of the molecule is Clc1ccc2c(c1N1CCN(CCCOc3ccc(CN4CCOCC4)cc3)CC1)OCCO2. The minimum Gasteiger partial charge on any atom is -0.494 e. The fourth-order valence-corrected chi connectivity index (χ4v) is 5.02. The lowest BCUT2D eigenvalue weighted by Crippen LogP contribution is -2.47. The van der Waals surface area contributed by atoms with Crippen molar-refractivity contribution in [2.45, 2.75) is 13.0 Å². The van der Waals surface area contributed by atoms with Crippen LogP contribution >= 0.6 is 11.6 Å². The molecule has 2 aromatic carbocycles. The number of hydrogen-bond acceptors (Lipinski definition) is 7. The van der Waals surface area contributed by atoms with Gasteiger partial charge in [0.2, 0.25) is 0 Å². The van der Waals surface area contributed by atoms with Gasteiger partial charge in [-0.15, -0.1) is 0 Å². The number of rotatable bonds is 8. The lowest BCUT2D eigenvalue weighted by Gasteiger charge is -2.37. The molecule has 0 spiro atoms. The predicted molar refractivity (Wildman–Crippen MR) is 134 cm³/mol. The van der Waals surface area contributed by atoms with Crippen molar-refractivity contribution in [1.82, 2.24) is 9.80 Å². The van der Waals surface area contributed by atoms with Gasteiger partial charge in [-0.1, -0.05) is 23.7 Å². The Bertz CT molecular complexity index is 928. The van der Waals surface area contributed by atoms with Crippen LogP contribution < -0.4 is 19.1 Å². The van der Waals surface area contributed by atoms with Gasteiger partial charge in [0.15, 0.2) is 11.5 Å². The number of piperazine rings is 1. The second kappa shape index (κ2) is 11.5. The quantitative estimate of drug-likeness (QED) is 0.528. The highest BCUT2D eigenvalue weighted by atomic mass is 35.5. The van der Waals surface area contributed by atoms with Gasteiger partial charge in [0, 0.05) is 52.4 Å². The van der Waals surface area contributed by atoms with E-state index in [0.717, 1.165) is 107 Å². The largest absolute Gasteiger partial charge is 0.494 e. The lowest BCUT2D eigenvalue weighted by atomic mass is 10.2. The van der Waals surface area contributed by atoms with Crippen LogP contribution in [0, 0.1) is 0 Å². The van der Waals surface area contributed by atoms with E-state index in [1.54, 1.807) is 0 Å². The first kappa shape index (κ1) is 23.5. The average molecular weight is 488 g/mol. The Morgan fingerprint density at radius 3 is 2.35 bits per heavy atom. The summed E-state index contributed by atoms with van der Waals surface area (Å²) in [5, 5.41) is 0.724. The molecule has 5 rings (SSSR count). The molecule has 34 heavy (non-hydrogen) atoms. The third-order valence-corrected chi connectivity index (χ3v) is 6.95. The summed E-state index contributed by atoms with van der Waals surface area (Å²) >= 11 is 6.54. The molecule has 3 aliphatic rings. The van der Waals surface area contributed by atoms with E-state index in [0.29, 0.717) is 13.2 Å². The molecule has 184 valence electrons. The van der Waals surface area contributed by atoms with E-state index in [2.05, 4.69) is 39.0 Å². The van der Waals surface area contributed by atoms with Gasteiger partial charge in [-0.25, -0.2) is 0 Å². The van der Waals surface area contributed by atoms with E-state index in [-0.39, 0.29) is 0 Å². The summed E-state index contributed by atoms with van der Waals surface area (Å²) in [5.74, 6) is 2.53. The molecule has 0 amide bonds. The number of ether oxygens (including phenoxy) is 4. The number of benzene rings is 2. The van der Waals surface area contributed by atoms with Gasteiger partial charge in [-0.3, -0.25) is 9.80 Å². The van der Waals surface area contributed by atoms with Gasteiger partial charge in [-0.2, -0.15) is 0 Å². The standard InChI is InChI=1S/C26H34ClN3O4/c27-23-6-7-24-26(34-19-18-33-24)25(23)30-11-9-28(10-12-30)8-1-15-32-22-4-2-21(3-5-22)20-29-13-16-31-17-14-29/h2-7H,1,8-20H2. The van der Waals surface area contributed by atoms with Crippen LogP contribution in [0.1, 0.15) is 12.0 Å². The molecule has 8 heteroatoms. The molecule has 0 bridgehead atoms. The first-order chi connectivity index (χ1) is 16.8. The van der Waals surface area contributed by atoms with Crippen LogP contribution in [0.3, 0.4) is 0 Å². The molecule has 0 aromatic heterocycles. The molecule has 0 saturated carbocycles. The number of halogens is 1. The molecule has 0 N–H and O–H groups in total. The van der Waals surface area contributed by atoms with Crippen molar-refractivity contribution in [1.29, 1.82) is 0 Å². The highest BCUT2D eigenvalue weighted by Crippen LogP contribution is 2.44. The fraction of sp³-hybridized carbons (Fsp3) is 0.538. The van der Waals surface area contributed by atoms with Gasteiger partial charge in [0.1, 0.15) is 24.7 Å². The van der Waals surface area contributed by atoms with Crippen LogP contribution in [0.2, 0.25) is 5.02 Å². The number of hydrogen-bond donors (Lipinski definition) is 0. The molecule has 2 aromatic rings. The van der Waals surface area contributed by atoms with Crippen LogP contribution in [-0.4, -0.2) is 88.6 Å². The number of nitrogens with zero attached hydrogens (tertiary/aromatic N) is 3. The molecule has 0 radical (unpaired) electrons. The van der Waals surface area contributed by atoms with Crippen molar-refractivity contribution in [3.05, 3.63) is 47.0 Å². The second-order valence-corrected chi connectivity index (χ2v) is 9.39.